The third kappa shape index (κ3) is 4.50. The molecule has 1 N–H and O–H groups in total. The van der Waals surface area contributed by atoms with Crippen LogP contribution in [-0.2, 0) is 4.79 Å². The second-order valence-electron chi connectivity index (χ2n) is 5.31. The van der Waals surface area contributed by atoms with Gasteiger partial charge in [0.1, 0.15) is 23.2 Å². The molecule has 3 rings (SSSR count). The molecule has 0 saturated carbocycles. The summed E-state index contributed by atoms with van der Waals surface area (Å²) in [5, 5.41) is 3.26. The van der Waals surface area contributed by atoms with Crippen LogP contribution in [-0.4, -0.2) is 5.91 Å². The molecule has 0 fully saturated rings. The van der Waals surface area contributed by atoms with Crippen LogP contribution < -0.4 is 5.32 Å². The maximum atomic E-state index is 13.5. The summed E-state index contributed by atoms with van der Waals surface area (Å²) in [7, 11) is 0. The lowest BCUT2D eigenvalue weighted by Crippen LogP contribution is -2.09. The van der Waals surface area contributed by atoms with E-state index in [1.54, 1.807) is 30.3 Å². The molecule has 0 saturated heterocycles. The van der Waals surface area contributed by atoms with E-state index in [1.165, 1.54) is 12.2 Å². The Labute approximate surface area is 157 Å². The number of halogens is 4. The molecule has 1 aromatic heterocycles. The molecule has 0 radical (unpaired) electrons. The van der Waals surface area contributed by atoms with Gasteiger partial charge in [-0.05, 0) is 48.5 Å². The van der Waals surface area contributed by atoms with Gasteiger partial charge in [-0.3, -0.25) is 4.79 Å². The van der Waals surface area contributed by atoms with Crippen LogP contribution in [0.2, 0.25) is 10.0 Å². The number of furan rings is 1. The van der Waals surface area contributed by atoms with Crippen molar-refractivity contribution in [2.45, 2.75) is 0 Å². The molecule has 0 spiro atoms. The number of carbonyl (C=O) groups is 1. The first-order chi connectivity index (χ1) is 12.4. The first kappa shape index (κ1) is 18.2. The van der Waals surface area contributed by atoms with Crippen molar-refractivity contribution in [3.05, 3.63) is 82.0 Å². The molecule has 0 unspecified atom stereocenters. The summed E-state index contributed by atoms with van der Waals surface area (Å²) in [4.78, 5) is 11.9. The van der Waals surface area contributed by atoms with Crippen LogP contribution >= 0.6 is 23.2 Å². The minimum atomic E-state index is -0.857. The van der Waals surface area contributed by atoms with Gasteiger partial charge in [0.15, 0.2) is 0 Å². The summed E-state index contributed by atoms with van der Waals surface area (Å²) in [6, 6.07) is 11.3. The van der Waals surface area contributed by atoms with E-state index in [1.807, 2.05) is 0 Å². The number of benzene rings is 2. The Morgan fingerprint density at radius 3 is 2.42 bits per heavy atom. The molecule has 26 heavy (non-hydrogen) atoms. The summed E-state index contributed by atoms with van der Waals surface area (Å²) in [6.45, 7) is 0. The fourth-order valence-corrected chi connectivity index (χ4v) is 2.74. The number of hydrogen-bond acceptors (Lipinski definition) is 2. The Morgan fingerprint density at radius 1 is 1.00 bits per heavy atom. The van der Waals surface area contributed by atoms with Crippen molar-refractivity contribution in [3.8, 4) is 11.3 Å². The predicted molar refractivity (Wildman–Crippen MR) is 98.2 cm³/mol. The van der Waals surface area contributed by atoms with Crippen LogP contribution in [0.15, 0.2) is 59.0 Å². The van der Waals surface area contributed by atoms with Gasteiger partial charge < -0.3 is 9.73 Å². The number of hydrogen-bond donors (Lipinski definition) is 1. The molecule has 7 heteroatoms. The molecule has 0 aliphatic heterocycles. The van der Waals surface area contributed by atoms with Crippen molar-refractivity contribution < 1.29 is 18.0 Å². The second-order valence-corrected chi connectivity index (χ2v) is 6.18. The van der Waals surface area contributed by atoms with Crippen molar-refractivity contribution >= 4 is 40.9 Å². The highest BCUT2D eigenvalue weighted by Gasteiger charge is 2.08. The van der Waals surface area contributed by atoms with E-state index in [0.29, 0.717) is 33.2 Å². The van der Waals surface area contributed by atoms with Crippen molar-refractivity contribution in [3.63, 3.8) is 0 Å². The molecule has 1 heterocycles. The largest absolute Gasteiger partial charge is 0.457 e. The zero-order valence-corrected chi connectivity index (χ0v) is 14.6. The van der Waals surface area contributed by atoms with E-state index >= 15 is 0 Å². The average Bonchev–Trinajstić information content (AvgIpc) is 3.04. The van der Waals surface area contributed by atoms with Gasteiger partial charge in [0.25, 0.3) is 0 Å². The Balaban J connectivity index is 1.71. The van der Waals surface area contributed by atoms with E-state index in [4.69, 9.17) is 27.6 Å². The highest BCUT2D eigenvalue weighted by Crippen LogP contribution is 2.29. The number of rotatable bonds is 4. The van der Waals surface area contributed by atoms with Crippen molar-refractivity contribution in [2.24, 2.45) is 0 Å². The maximum Gasteiger partial charge on any atom is 0.248 e. The molecular formula is C19H11Cl2F2NO2. The minimum Gasteiger partial charge on any atom is -0.457 e. The quantitative estimate of drug-likeness (QED) is 0.537. The van der Waals surface area contributed by atoms with Crippen LogP contribution in [0.25, 0.3) is 17.4 Å². The first-order valence-electron chi connectivity index (χ1n) is 7.41. The molecule has 3 aromatic rings. The molecule has 1 amide bonds. The molecule has 2 aromatic carbocycles. The van der Waals surface area contributed by atoms with E-state index in [2.05, 4.69) is 5.32 Å². The van der Waals surface area contributed by atoms with Gasteiger partial charge in [0.05, 0.1) is 5.69 Å². The zero-order chi connectivity index (χ0) is 18.7. The predicted octanol–water partition coefficient (Wildman–Crippen LogP) is 6.18. The van der Waals surface area contributed by atoms with Crippen LogP contribution in [0, 0.1) is 11.6 Å². The van der Waals surface area contributed by atoms with Crippen LogP contribution in [0.1, 0.15) is 5.76 Å². The number of amides is 1. The van der Waals surface area contributed by atoms with Gasteiger partial charge in [0, 0.05) is 27.8 Å². The Bertz CT molecular complexity index is 979. The topological polar surface area (TPSA) is 42.2 Å². The number of carbonyl (C=O) groups excluding carboxylic acids is 1. The van der Waals surface area contributed by atoms with Crippen molar-refractivity contribution in [1.82, 2.24) is 0 Å². The third-order valence-electron chi connectivity index (χ3n) is 3.36. The summed E-state index contributed by atoms with van der Waals surface area (Å²) in [5.74, 6) is -1.23. The van der Waals surface area contributed by atoms with E-state index in [0.717, 1.165) is 12.1 Å². The summed E-state index contributed by atoms with van der Waals surface area (Å²) in [5.41, 5.74) is 0.578. The fourth-order valence-electron chi connectivity index (χ4n) is 2.22. The smallest absolute Gasteiger partial charge is 0.248 e. The summed E-state index contributed by atoms with van der Waals surface area (Å²) >= 11 is 11.9. The van der Waals surface area contributed by atoms with Crippen LogP contribution in [0.3, 0.4) is 0 Å². The maximum absolute atomic E-state index is 13.5. The highest BCUT2D eigenvalue weighted by molar-refractivity contribution is 6.35. The lowest BCUT2D eigenvalue weighted by molar-refractivity contribution is -0.111. The van der Waals surface area contributed by atoms with E-state index < -0.39 is 17.5 Å². The Kier molecular flexibility index (Phi) is 5.40. The molecule has 0 bridgehead atoms. The van der Waals surface area contributed by atoms with E-state index in [-0.39, 0.29) is 5.69 Å². The molecule has 132 valence electrons. The highest BCUT2D eigenvalue weighted by atomic mass is 35.5. The van der Waals surface area contributed by atoms with Crippen LogP contribution in [0.5, 0.6) is 0 Å². The average molecular weight is 394 g/mol. The first-order valence-corrected chi connectivity index (χ1v) is 8.17. The second kappa shape index (κ2) is 7.72. The fraction of sp³-hybridized carbons (Fsp3) is 0. The van der Waals surface area contributed by atoms with Gasteiger partial charge >= 0.3 is 0 Å². The standard InChI is InChI=1S/C19H11Cl2F2NO2/c20-12-7-11(8-13(21)9-12)18-5-2-15(26-18)3-6-19(25)24-17-4-1-14(22)10-16(17)23/h1-10H,(H,24,25)/b6-3+. The zero-order valence-electron chi connectivity index (χ0n) is 13.1. The molecule has 3 nitrogen and oxygen atoms in total. The van der Waals surface area contributed by atoms with Gasteiger partial charge in [-0.1, -0.05) is 23.2 Å². The lowest BCUT2D eigenvalue weighted by Gasteiger charge is -2.03. The van der Waals surface area contributed by atoms with Gasteiger partial charge in [0.2, 0.25) is 5.91 Å². The van der Waals surface area contributed by atoms with Crippen LogP contribution in [0.4, 0.5) is 14.5 Å². The third-order valence-corrected chi connectivity index (χ3v) is 3.80. The lowest BCUT2D eigenvalue weighted by atomic mass is 10.2. The van der Waals surface area contributed by atoms with Gasteiger partial charge in [-0.15, -0.1) is 0 Å². The van der Waals surface area contributed by atoms with Crippen molar-refractivity contribution in [1.29, 1.82) is 0 Å². The van der Waals surface area contributed by atoms with Gasteiger partial charge in [-0.2, -0.15) is 0 Å². The SMILES string of the molecule is O=C(/C=C/c1ccc(-c2cc(Cl)cc(Cl)c2)o1)Nc1ccc(F)cc1F. The van der Waals surface area contributed by atoms with E-state index in [9.17, 15) is 13.6 Å². The monoisotopic (exact) mass is 393 g/mol. The van der Waals surface area contributed by atoms with Gasteiger partial charge in [-0.25, -0.2) is 8.78 Å². The number of nitrogens with one attached hydrogen (secondary N) is 1. The Hall–Kier alpha value is -2.63. The molecule has 0 atom stereocenters. The summed E-state index contributed by atoms with van der Waals surface area (Å²) < 4.78 is 32.0. The minimum absolute atomic E-state index is 0.116. The van der Waals surface area contributed by atoms with Crippen molar-refractivity contribution in [2.75, 3.05) is 5.32 Å². The normalized spacial score (nSPS) is 11.1. The Morgan fingerprint density at radius 2 is 1.73 bits per heavy atom. The molecule has 0 aliphatic rings. The molecule has 0 aliphatic carbocycles. The summed E-state index contributed by atoms with van der Waals surface area (Å²) in [6.07, 6.45) is 2.60. The number of anilines is 1. The molecular weight excluding hydrogens is 383 g/mol.